The number of alkyl halides is 2. The maximum absolute atomic E-state index is 12.9. The van der Waals surface area contributed by atoms with Gasteiger partial charge in [0.05, 0.1) is 23.5 Å². The van der Waals surface area contributed by atoms with Gasteiger partial charge in [0.15, 0.2) is 5.82 Å². The number of benzene rings is 1. The predicted molar refractivity (Wildman–Crippen MR) is 149 cm³/mol. The second kappa shape index (κ2) is 11.8. The van der Waals surface area contributed by atoms with E-state index in [4.69, 9.17) is 19.2 Å². The zero-order chi connectivity index (χ0) is 28.4. The number of halogens is 2. The third kappa shape index (κ3) is 5.96. The van der Waals surface area contributed by atoms with Crippen LogP contribution in [0.4, 0.5) is 14.6 Å². The Morgan fingerprint density at radius 2 is 1.90 bits per heavy atom. The monoisotopic (exact) mass is 556 g/mol. The van der Waals surface area contributed by atoms with Gasteiger partial charge < -0.3 is 24.6 Å². The Hall–Kier alpha value is -3.15. The number of aliphatic hydroxyl groups is 1. The lowest BCUT2D eigenvalue weighted by molar-refractivity contribution is 0.0318. The highest BCUT2D eigenvalue weighted by Gasteiger charge is 2.46. The van der Waals surface area contributed by atoms with Gasteiger partial charge >= 0.3 is 0 Å². The van der Waals surface area contributed by atoms with Gasteiger partial charge in [0.25, 0.3) is 6.43 Å². The van der Waals surface area contributed by atoms with Gasteiger partial charge in [-0.05, 0) is 65.9 Å². The van der Waals surface area contributed by atoms with Crippen molar-refractivity contribution in [3.63, 3.8) is 0 Å². The number of aryl methyl sites for hydroxylation is 2. The highest BCUT2D eigenvalue weighted by Crippen LogP contribution is 2.44. The highest BCUT2D eigenvalue weighted by molar-refractivity contribution is 5.75. The first-order chi connectivity index (χ1) is 19.2. The van der Waals surface area contributed by atoms with Gasteiger partial charge in [-0.3, -0.25) is 4.90 Å². The molecule has 0 unspecified atom stereocenters. The van der Waals surface area contributed by atoms with E-state index >= 15 is 0 Å². The molecule has 0 amide bonds. The molecule has 2 aliphatic rings. The number of nitrogens with one attached hydrogen (secondary N) is 1. The van der Waals surface area contributed by atoms with Crippen molar-refractivity contribution in [1.82, 2.24) is 25.3 Å². The molecule has 9 nitrogen and oxygen atoms in total. The summed E-state index contributed by atoms with van der Waals surface area (Å²) in [7, 11) is 1.78. The topological polar surface area (TPSA) is 99.8 Å². The average molecular weight is 557 g/mol. The van der Waals surface area contributed by atoms with E-state index in [9.17, 15) is 13.9 Å². The van der Waals surface area contributed by atoms with Crippen molar-refractivity contribution >= 4 is 5.82 Å². The van der Waals surface area contributed by atoms with Gasteiger partial charge in [-0.25, -0.2) is 18.7 Å². The first-order valence-corrected chi connectivity index (χ1v) is 13.8. The quantitative estimate of drug-likeness (QED) is 0.386. The fourth-order valence-electron chi connectivity index (χ4n) is 5.85. The molecule has 11 heteroatoms. The van der Waals surface area contributed by atoms with Crippen molar-refractivity contribution in [3.8, 4) is 28.4 Å². The number of nitrogens with zero attached hydrogens (tertiary/aromatic N) is 5. The van der Waals surface area contributed by atoms with Crippen molar-refractivity contribution < 1.29 is 23.1 Å². The van der Waals surface area contributed by atoms with Crippen molar-refractivity contribution in [2.24, 2.45) is 5.41 Å². The molecular weight excluding hydrogens is 518 g/mol. The molecule has 0 saturated carbocycles. The summed E-state index contributed by atoms with van der Waals surface area (Å²) in [4.78, 5) is 14.2. The van der Waals surface area contributed by atoms with Gasteiger partial charge in [0.1, 0.15) is 30.0 Å². The number of aromatic nitrogens is 3. The number of likely N-dealkylation sites (N-methyl/N-ethyl adjacent to an activating group) is 1. The first kappa shape index (κ1) is 28.4. The van der Waals surface area contributed by atoms with Crippen molar-refractivity contribution in [2.75, 3.05) is 57.8 Å². The molecule has 4 heterocycles. The van der Waals surface area contributed by atoms with Crippen LogP contribution < -0.4 is 15.0 Å². The Kier molecular flexibility index (Phi) is 8.34. The van der Waals surface area contributed by atoms with Crippen LogP contribution in [0.5, 0.6) is 5.75 Å². The van der Waals surface area contributed by atoms with E-state index in [2.05, 4.69) is 15.4 Å². The highest BCUT2D eigenvalue weighted by atomic mass is 19.3. The number of hydrogen-bond donors (Lipinski definition) is 2. The summed E-state index contributed by atoms with van der Waals surface area (Å²) < 4.78 is 37.0. The summed E-state index contributed by atoms with van der Waals surface area (Å²) in [6, 6.07) is 7.56. The number of rotatable bonds is 10. The molecule has 2 N–H and O–H groups in total. The Morgan fingerprint density at radius 1 is 1.15 bits per heavy atom. The minimum Gasteiger partial charge on any atom is -0.491 e. The maximum atomic E-state index is 12.9. The molecule has 0 aliphatic carbocycles. The fraction of sp³-hybridized carbons (Fsp3) is 0.552. The van der Waals surface area contributed by atoms with Crippen molar-refractivity contribution in [2.45, 2.75) is 46.1 Å². The second-order valence-electron chi connectivity index (χ2n) is 11.1. The van der Waals surface area contributed by atoms with Crippen LogP contribution in [0.15, 0.2) is 28.8 Å². The average Bonchev–Trinajstić information content (AvgIpc) is 3.24. The molecule has 2 saturated heterocycles. The van der Waals surface area contributed by atoms with Crippen LogP contribution in [-0.2, 0) is 0 Å². The van der Waals surface area contributed by atoms with Crippen LogP contribution in [0.2, 0.25) is 0 Å². The van der Waals surface area contributed by atoms with E-state index in [-0.39, 0.29) is 18.6 Å². The first-order valence-electron chi connectivity index (χ1n) is 13.8. The zero-order valence-electron chi connectivity index (χ0n) is 23.6. The molecule has 1 aromatic carbocycles. The number of aliphatic hydroxyl groups excluding tert-OH is 1. The van der Waals surface area contributed by atoms with Crippen LogP contribution >= 0.6 is 0 Å². The molecule has 216 valence electrons. The lowest BCUT2D eigenvalue weighted by Crippen LogP contribution is -2.61. The maximum Gasteiger partial charge on any atom is 0.251 e. The van der Waals surface area contributed by atoms with Crippen molar-refractivity contribution in [3.05, 3.63) is 41.3 Å². The third-order valence-corrected chi connectivity index (χ3v) is 8.03. The van der Waals surface area contributed by atoms with E-state index in [1.165, 1.54) is 0 Å². The van der Waals surface area contributed by atoms with E-state index < -0.39 is 12.5 Å². The molecular formula is C29H38F2N6O3. The normalized spacial score (nSPS) is 17.9. The molecule has 1 atom stereocenters. The SMILES string of the molecule is CNC[C@@H](O)COc1cccc(-c2nc(-c3c(C)noc3C)c(C)c(N3CC4(CCN(CC(F)F)CC4)C3)n2)c1. The molecule has 40 heavy (non-hydrogen) atoms. The van der Waals surface area contributed by atoms with Gasteiger partial charge in [0, 0.05) is 36.2 Å². The Bertz CT molecular complexity index is 1300. The van der Waals surface area contributed by atoms with E-state index in [0.717, 1.165) is 59.8 Å². The van der Waals surface area contributed by atoms with Crippen LogP contribution in [0.25, 0.3) is 22.6 Å². The molecule has 5 rings (SSSR count). The largest absolute Gasteiger partial charge is 0.491 e. The summed E-state index contributed by atoms with van der Waals surface area (Å²) in [5, 5.41) is 17.1. The van der Waals surface area contributed by atoms with Gasteiger partial charge in [-0.1, -0.05) is 17.3 Å². The lowest BCUT2D eigenvalue weighted by atomic mass is 9.72. The molecule has 0 radical (unpaired) electrons. The zero-order valence-corrected chi connectivity index (χ0v) is 23.6. The van der Waals surface area contributed by atoms with E-state index in [1.807, 2.05) is 49.9 Å². The summed E-state index contributed by atoms with van der Waals surface area (Å²) in [5.74, 6) is 2.73. The molecule has 3 aromatic rings. The number of likely N-dealkylation sites (tertiary alicyclic amines) is 1. The minimum absolute atomic E-state index is 0.126. The molecule has 2 fully saturated rings. The van der Waals surface area contributed by atoms with Crippen LogP contribution in [0, 0.1) is 26.2 Å². The van der Waals surface area contributed by atoms with Crippen LogP contribution in [0.3, 0.4) is 0 Å². The summed E-state index contributed by atoms with van der Waals surface area (Å²) in [6.07, 6.45) is -1.10. The fourth-order valence-corrected chi connectivity index (χ4v) is 5.85. The number of hydrogen-bond acceptors (Lipinski definition) is 9. The van der Waals surface area contributed by atoms with Crippen LogP contribution in [0.1, 0.15) is 29.9 Å². The van der Waals surface area contributed by atoms with Gasteiger partial charge in [0.2, 0.25) is 0 Å². The van der Waals surface area contributed by atoms with Crippen LogP contribution in [-0.4, -0.2) is 90.6 Å². The number of piperidine rings is 1. The standard InChI is InChI=1S/C29H38F2N6O3/c1-18-26(25-19(2)35-40-20(25)3)33-27(21-6-5-7-23(12-21)39-15-22(38)13-32-4)34-28(18)37-16-29(17-37)8-10-36(11-9-29)14-24(30)31/h5-7,12,22,24,32,38H,8-11,13-17H2,1-4H3/t22-/m1/s1. The number of ether oxygens (including phenoxy) is 1. The second-order valence-corrected chi connectivity index (χ2v) is 11.1. The van der Waals surface area contributed by atoms with Gasteiger partial charge in [-0.15, -0.1) is 0 Å². The summed E-state index contributed by atoms with van der Waals surface area (Å²) >= 11 is 0. The Labute approximate surface area is 233 Å². The Morgan fingerprint density at radius 3 is 2.55 bits per heavy atom. The predicted octanol–water partition coefficient (Wildman–Crippen LogP) is 3.85. The third-order valence-electron chi connectivity index (χ3n) is 8.03. The van der Waals surface area contributed by atoms with E-state index in [0.29, 0.717) is 37.0 Å². The minimum atomic E-state index is -2.29. The smallest absolute Gasteiger partial charge is 0.251 e. The van der Waals surface area contributed by atoms with E-state index in [1.54, 1.807) is 7.05 Å². The lowest BCUT2D eigenvalue weighted by Gasteiger charge is -2.54. The Balaban J connectivity index is 1.43. The number of anilines is 1. The van der Waals surface area contributed by atoms with Gasteiger partial charge in [-0.2, -0.15) is 0 Å². The molecule has 2 aliphatic heterocycles. The summed E-state index contributed by atoms with van der Waals surface area (Å²) in [6.45, 7) is 9.34. The molecule has 0 bridgehead atoms. The molecule has 2 aromatic heterocycles. The summed E-state index contributed by atoms with van der Waals surface area (Å²) in [5.41, 5.74) is 4.27. The van der Waals surface area contributed by atoms with Crippen molar-refractivity contribution in [1.29, 1.82) is 0 Å². The molecule has 1 spiro atoms.